The Morgan fingerprint density at radius 2 is 1.96 bits per heavy atom. The molecule has 1 aliphatic rings. The summed E-state index contributed by atoms with van der Waals surface area (Å²) in [5.74, 6) is 0.102. The summed E-state index contributed by atoms with van der Waals surface area (Å²) in [6, 6.07) is 14.0. The van der Waals surface area contributed by atoms with Crippen molar-refractivity contribution in [3.05, 3.63) is 69.3 Å². The molecule has 0 aliphatic carbocycles. The van der Waals surface area contributed by atoms with Gasteiger partial charge in [0.2, 0.25) is 0 Å². The van der Waals surface area contributed by atoms with Crippen LogP contribution in [0, 0.1) is 6.92 Å². The van der Waals surface area contributed by atoms with Gasteiger partial charge in [0.1, 0.15) is 0 Å². The molecule has 1 N–H and O–H groups in total. The Hall–Kier alpha value is -2.07. The molecule has 2 heterocycles. The summed E-state index contributed by atoms with van der Waals surface area (Å²) in [5, 5.41) is 1.24. The number of carbonyl (C=O) groups excluding carboxylic acids is 1. The van der Waals surface area contributed by atoms with E-state index < -0.39 is 0 Å². The van der Waals surface area contributed by atoms with Crippen LogP contribution >= 0.6 is 15.9 Å². The molecule has 3 nitrogen and oxygen atoms in total. The molecule has 0 bridgehead atoms. The topological polar surface area (TPSA) is 36.1 Å². The van der Waals surface area contributed by atoms with E-state index in [4.69, 9.17) is 0 Å². The molecule has 0 atom stereocenters. The molecule has 0 saturated carbocycles. The van der Waals surface area contributed by atoms with Gasteiger partial charge in [0.15, 0.2) is 0 Å². The highest BCUT2D eigenvalue weighted by atomic mass is 79.9. The van der Waals surface area contributed by atoms with Crippen LogP contribution < -0.4 is 0 Å². The SMILES string of the molecule is Cc1ccc2[nH]c3c(c2c1)CN(C(=O)c1ccc(Br)cc1)CC3. The number of nitrogens with zero attached hydrogens (tertiary/aromatic N) is 1. The molecule has 2 aromatic carbocycles. The highest BCUT2D eigenvalue weighted by Crippen LogP contribution is 2.29. The predicted molar refractivity (Wildman–Crippen MR) is 95.6 cm³/mol. The third kappa shape index (κ3) is 2.57. The van der Waals surface area contributed by atoms with Crippen molar-refractivity contribution < 1.29 is 4.79 Å². The van der Waals surface area contributed by atoms with Crippen LogP contribution in [0.15, 0.2) is 46.9 Å². The highest BCUT2D eigenvalue weighted by Gasteiger charge is 2.24. The summed E-state index contributed by atoms with van der Waals surface area (Å²) in [6.07, 6.45) is 0.880. The van der Waals surface area contributed by atoms with Crippen molar-refractivity contribution in [3.8, 4) is 0 Å². The van der Waals surface area contributed by atoms with Crippen molar-refractivity contribution >= 4 is 32.7 Å². The van der Waals surface area contributed by atoms with Crippen LogP contribution in [0.3, 0.4) is 0 Å². The van der Waals surface area contributed by atoms with Crippen LogP contribution in [0.25, 0.3) is 10.9 Å². The van der Waals surface area contributed by atoms with E-state index in [9.17, 15) is 4.79 Å². The first-order valence-corrected chi connectivity index (χ1v) is 8.56. The van der Waals surface area contributed by atoms with Gasteiger partial charge in [-0.25, -0.2) is 0 Å². The van der Waals surface area contributed by atoms with E-state index in [1.54, 1.807) is 0 Å². The molecule has 1 aliphatic heterocycles. The lowest BCUT2D eigenvalue weighted by atomic mass is 10.0. The largest absolute Gasteiger partial charge is 0.358 e. The lowest BCUT2D eigenvalue weighted by Gasteiger charge is -2.27. The first-order chi connectivity index (χ1) is 11.1. The summed E-state index contributed by atoms with van der Waals surface area (Å²) in [4.78, 5) is 18.2. The van der Waals surface area contributed by atoms with Crippen LogP contribution in [0.5, 0.6) is 0 Å². The van der Waals surface area contributed by atoms with Crippen molar-refractivity contribution in [3.63, 3.8) is 0 Å². The van der Waals surface area contributed by atoms with Crippen LogP contribution in [-0.2, 0) is 13.0 Å². The average molecular weight is 369 g/mol. The van der Waals surface area contributed by atoms with Gasteiger partial charge >= 0.3 is 0 Å². The van der Waals surface area contributed by atoms with E-state index in [-0.39, 0.29) is 5.91 Å². The van der Waals surface area contributed by atoms with Crippen molar-refractivity contribution in [1.29, 1.82) is 0 Å². The number of aryl methyl sites for hydroxylation is 1. The molecule has 4 rings (SSSR count). The summed E-state index contributed by atoms with van der Waals surface area (Å²) < 4.78 is 0.988. The minimum atomic E-state index is 0.102. The highest BCUT2D eigenvalue weighted by molar-refractivity contribution is 9.10. The number of aromatic amines is 1. The number of carbonyl (C=O) groups is 1. The van der Waals surface area contributed by atoms with Crippen LogP contribution in [0.1, 0.15) is 27.2 Å². The number of hydrogen-bond donors (Lipinski definition) is 1. The molecule has 0 saturated heterocycles. The normalized spacial score (nSPS) is 14.1. The van der Waals surface area contributed by atoms with Gasteiger partial charge in [-0.2, -0.15) is 0 Å². The lowest BCUT2D eigenvalue weighted by molar-refractivity contribution is 0.0735. The second-order valence-corrected chi connectivity index (χ2v) is 7.03. The van der Waals surface area contributed by atoms with Gasteiger partial charge in [0, 0.05) is 51.7 Å². The van der Waals surface area contributed by atoms with E-state index in [0.29, 0.717) is 6.54 Å². The fourth-order valence-corrected chi connectivity index (χ4v) is 3.54. The van der Waals surface area contributed by atoms with E-state index in [1.807, 2.05) is 29.2 Å². The van der Waals surface area contributed by atoms with Crippen LogP contribution in [0.2, 0.25) is 0 Å². The number of rotatable bonds is 1. The Bertz CT molecular complexity index is 896. The number of H-pyrrole nitrogens is 1. The Balaban J connectivity index is 1.67. The molecule has 1 amide bonds. The van der Waals surface area contributed by atoms with Gasteiger partial charge in [-0.3, -0.25) is 4.79 Å². The molecule has 23 heavy (non-hydrogen) atoms. The molecule has 3 aromatic rings. The molecule has 0 fully saturated rings. The van der Waals surface area contributed by atoms with E-state index >= 15 is 0 Å². The predicted octanol–water partition coefficient (Wildman–Crippen LogP) is 4.44. The van der Waals surface area contributed by atoms with Gasteiger partial charge in [-0.1, -0.05) is 27.6 Å². The number of nitrogens with one attached hydrogen (secondary N) is 1. The van der Waals surface area contributed by atoms with Crippen molar-refractivity contribution in [2.45, 2.75) is 19.9 Å². The monoisotopic (exact) mass is 368 g/mol. The van der Waals surface area contributed by atoms with Crippen LogP contribution in [-0.4, -0.2) is 22.3 Å². The summed E-state index contributed by atoms with van der Waals surface area (Å²) in [5.41, 5.74) is 5.69. The summed E-state index contributed by atoms with van der Waals surface area (Å²) >= 11 is 3.41. The van der Waals surface area contributed by atoms with Crippen molar-refractivity contribution in [1.82, 2.24) is 9.88 Å². The maximum atomic E-state index is 12.7. The first-order valence-electron chi connectivity index (χ1n) is 7.77. The molecule has 4 heteroatoms. The van der Waals surface area contributed by atoms with Gasteiger partial charge in [0.05, 0.1) is 0 Å². The summed E-state index contributed by atoms with van der Waals surface area (Å²) in [6.45, 7) is 3.54. The lowest BCUT2D eigenvalue weighted by Crippen LogP contribution is -2.35. The van der Waals surface area contributed by atoms with Gasteiger partial charge in [0.25, 0.3) is 5.91 Å². The Morgan fingerprint density at radius 1 is 1.17 bits per heavy atom. The number of amides is 1. The molecule has 0 spiro atoms. The van der Waals surface area contributed by atoms with Crippen LogP contribution in [0.4, 0.5) is 0 Å². The van der Waals surface area contributed by atoms with E-state index in [0.717, 1.165) is 23.0 Å². The first kappa shape index (κ1) is 14.5. The third-order valence-electron chi connectivity index (χ3n) is 4.51. The fourth-order valence-electron chi connectivity index (χ4n) is 3.28. The maximum Gasteiger partial charge on any atom is 0.254 e. The summed E-state index contributed by atoms with van der Waals surface area (Å²) in [7, 11) is 0. The molecular formula is C19H17BrN2O. The molecule has 0 radical (unpaired) electrons. The standard InChI is InChI=1S/C19H17BrN2O/c1-12-2-7-17-15(10-12)16-11-22(9-8-18(16)21-17)19(23)13-3-5-14(20)6-4-13/h2-7,10,21H,8-9,11H2,1H3. The second-order valence-electron chi connectivity index (χ2n) is 6.11. The Kier molecular flexibility index (Phi) is 3.49. The fraction of sp³-hybridized carbons (Fsp3) is 0.211. The van der Waals surface area contributed by atoms with Gasteiger partial charge in [-0.05, 0) is 43.3 Å². The van der Waals surface area contributed by atoms with Gasteiger partial charge in [-0.15, -0.1) is 0 Å². The van der Waals surface area contributed by atoms with E-state index in [1.165, 1.54) is 27.7 Å². The second kappa shape index (κ2) is 5.53. The van der Waals surface area contributed by atoms with Crippen molar-refractivity contribution in [2.75, 3.05) is 6.54 Å². The Morgan fingerprint density at radius 3 is 2.74 bits per heavy atom. The maximum absolute atomic E-state index is 12.7. The smallest absolute Gasteiger partial charge is 0.254 e. The third-order valence-corrected chi connectivity index (χ3v) is 5.04. The number of benzene rings is 2. The average Bonchev–Trinajstić information content (AvgIpc) is 2.92. The Labute approximate surface area is 143 Å². The molecular weight excluding hydrogens is 352 g/mol. The minimum Gasteiger partial charge on any atom is -0.358 e. The number of hydrogen-bond acceptors (Lipinski definition) is 1. The zero-order valence-corrected chi connectivity index (χ0v) is 14.5. The quantitative estimate of drug-likeness (QED) is 0.677. The number of fused-ring (bicyclic) bond motifs is 3. The minimum absolute atomic E-state index is 0.102. The van der Waals surface area contributed by atoms with E-state index in [2.05, 4.69) is 46.0 Å². The molecule has 1 aromatic heterocycles. The zero-order chi connectivity index (χ0) is 16.0. The number of halogens is 1. The number of aromatic nitrogens is 1. The van der Waals surface area contributed by atoms with Crippen molar-refractivity contribution in [2.24, 2.45) is 0 Å². The van der Waals surface area contributed by atoms with Gasteiger partial charge < -0.3 is 9.88 Å². The molecule has 116 valence electrons. The zero-order valence-electron chi connectivity index (χ0n) is 12.9. The molecule has 0 unspecified atom stereocenters.